The SMILES string of the molecule is CC(C)C(C)NC(=O)c1cc(N)ccc1Cl. The molecule has 88 valence electrons. The highest BCUT2D eigenvalue weighted by atomic mass is 35.5. The van der Waals surface area contributed by atoms with Crippen LogP contribution >= 0.6 is 11.6 Å². The van der Waals surface area contributed by atoms with E-state index in [0.717, 1.165) is 0 Å². The largest absolute Gasteiger partial charge is 0.399 e. The van der Waals surface area contributed by atoms with E-state index in [1.807, 2.05) is 20.8 Å². The molecular weight excluding hydrogens is 224 g/mol. The molecule has 0 aliphatic carbocycles. The fraction of sp³-hybridized carbons (Fsp3) is 0.417. The van der Waals surface area contributed by atoms with Crippen LogP contribution in [0.2, 0.25) is 5.02 Å². The molecule has 1 unspecified atom stereocenters. The standard InChI is InChI=1S/C12H17ClN2O/c1-7(2)8(3)15-12(16)10-6-9(14)4-5-11(10)13/h4-8H,14H2,1-3H3,(H,15,16). The zero-order valence-electron chi connectivity index (χ0n) is 9.75. The summed E-state index contributed by atoms with van der Waals surface area (Å²) in [7, 11) is 0. The number of carbonyl (C=O) groups excluding carboxylic acids is 1. The lowest BCUT2D eigenvalue weighted by molar-refractivity contribution is 0.0930. The van der Waals surface area contributed by atoms with Crippen molar-refractivity contribution in [3.63, 3.8) is 0 Å². The van der Waals surface area contributed by atoms with Gasteiger partial charge in [0.25, 0.3) is 5.91 Å². The van der Waals surface area contributed by atoms with Gasteiger partial charge in [0.1, 0.15) is 0 Å². The van der Waals surface area contributed by atoms with E-state index in [1.54, 1.807) is 18.2 Å². The third kappa shape index (κ3) is 3.14. The van der Waals surface area contributed by atoms with Crippen LogP contribution in [0.1, 0.15) is 31.1 Å². The van der Waals surface area contributed by atoms with Crippen molar-refractivity contribution in [3.8, 4) is 0 Å². The minimum absolute atomic E-state index is 0.102. The minimum Gasteiger partial charge on any atom is -0.399 e. The molecule has 0 aliphatic heterocycles. The van der Waals surface area contributed by atoms with E-state index in [2.05, 4.69) is 5.32 Å². The third-order valence-electron chi connectivity index (χ3n) is 2.59. The van der Waals surface area contributed by atoms with Crippen LogP contribution < -0.4 is 11.1 Å². The average Bonchev–Trinajstić information content (AvgIpc) is 2.21. The zero-order chi connectivity index (χ0) is 12.3. The first-order valence-electron chi connectivity index (χ1n) is 5.27. The smallest absolute Gasteiger partial charge is 0.253 e. The molecule has 16 heavy (non-hydrogen) atoms. The Hall–Kier alpha value is -1.22. The van der Waals surface area contributed by atoms with Gasteiger partial charge in [0, 0.05) is 11.7 Å². The predicted molar refractivity (Wildman–Crippen MR) is 67.6 cm³/mol. The van der Waals surface area contributed by atoms with Crippen LogP contribution in [0, 0.1) is 5.92 Å². The molecule has 0 saturated carbocycles. The van der Waals surface area contributed by atoms with Gasteiger partial charge in [-0.2, -0.15) is 0 Å². The normalized spacial score (nSPS) is 12.6. The minimum atomic E-state index is -0.182. The summed E-state index contributed by atoms with van der Waals surface area (Å²) in [6.07, 6.45) is 0. The third-order valence-corrected chi connectivity index (χ3v) is 2.92. The average molecular weight is 241 g/mol. The number of hydrogen-bond acceptors (Lipinski definition) is 2. The first-order chi connectivity index (χ1) is 7.41. The summed E-state index contributed by atoms with van der Waals surface area (Å²) in [6, 6.07) is 4.99. The Kier molecular flexibility index (Phi) is 4.19. The molecule has 4 heteroatoms. The molecular formula is C12H17ClN2O. The van der Waals surface area contributed by atoms with E-state index in [4.69, 9.17) is 17.3 Å². The number of rotatable bonds is 3. The van der Waals surface area contributed by atoms with Crippen LogP contribution in [0.4, 0.5) is 5.69 Å². The molecule has 1 rings (SSSR count). The van der Waals surface area contributed by atoms with Gasteiger partial charge in [0.15, 0.2) is 0 Å². The first kappa shape index (κ1) is 12.8. The summed E-state index contributed by atoms with van der Waals surface area (Å²) in [5.41, 5.74) is 6.58. The fourth-order valence-electron chi connectivity index (χ4n) is 1.17. The van der Waals surface area contributed by atoms with Gasteiger partial charge in [-0.25, -0.2) is 0 Å². The first-order valence-corrected chi connectivity index (χ1v) is 5.65. The van der Waals surface area contributed by atoms with Crippen molar-refractivity contribution in [1.82, 2.24) is 5.32 Å². The van der Waals surface area contributed by atoms with E-state index < -0.39 is 0 Å². The van der Waals surface area contributed by atoms with E-state index in [0.29, 0.717) is 22.2 Å². The molecule has 0 aromatic heterocycles. The van der Waals surface area contributed by atoms with Crippen molar-refractivity contribution >= 4 is 23.2 Å². The Morgan fingerprint density at radius 3 is 2.56 bits per heavy atom. The Morgan fingerprint density at radius 1 is 1.38 bits per heavy atom. The molecule has 3 N–H and O–H groups in total. The summed E-state index contributed by atoms with van der Waals surface area (Å²) >= 11 is 5.94. The van der Waals surface area contributed by atoms with Crippen molar-refractivity contribution in [1.29, 1.82) is 0 Å². The Balaban J connectivity index is 2.84. The number of carbonyl (C=O) groups is 1. The van der Waals surface area contributed by atoms with Crippen LogP contribution in [-0.2, 0) is 0 Å². The fourth-order valence-corrected chi connectivity index (χ4v) is 1.37. The molecule has 1 aromatic carbocycles. The second kappa shape index (κ2) is 5.21. The van der Waals surface area contributed by atoms with Crippen molar-refractivity contribution < 1.29 is 4.79 Å². The van der Waals surface area contributed by atoms with Crippen molar-refractivity contribution in [2.45, 2.75) is 26.8 Å². The summed E-state index contributed by atoms with van der Waals surface area (Å²) in [5, 5.41) is 3.30. The molecule has 0 saturated heterocycles. The second-order valence-corrected chi connectivity index (χ2v) is 4.65. The van der Waals surface area contributed by atoms with Gasteiger partial charge in [-0.05, 0) is 31.0 Å². The van der Waals surface area contributed by atoms with Crippen LogP contribution in [0.5, 0.6) is 0 Å². The molecule has 0 heterocycles. The molecule has 0 fully saturated rings. The summed E-state index contributed by atoms with van der Waals surface area (Å²) in [5.74, 6) is 0.197. The molecule has 1 atom stereocenters. The highest BCUT2D eigenvalue weighted by molar-refractivity contribution is 6.34. The van der Waals surface area contributed by atoms with Crippen LogP contribution in [0.15, 0.2) is 18.2 Å². The van der Waals surface area contributed by atoms with Gasteiger partial charge < -0.3 is 11.1 Å². The summed E-state index contributed by atoms with van der Waals surface area (Å²) < 4.78 is 0. The zero-order valence-corrected chi connectivity index (χ0v) is 10.5. The van der Waals surface area contributed by atoms with Crippen LogP contribution in [-0.4, -0.2) is 11.9 Å². The molecule has 0 radical (unpaired) electrons. The summed E-state index contributed by atoms with van der Waals surface area (Å²) in [6.45, 7) is 6.06. The molecule has 0 bridgehead atoms. The maximum absolute atomic E-state index is 11.9. The number of hydrogen-bond donors (Lipinski definition) is 2. The molecule has 3 nitrogen and oxygen atoms in total. The van der Waals surface area contributed by atoms with E-state index in [-0.39, 0.29) is 11.9 Å². The Labute approximate surface area is 101 Å². The van der Waals surface area contributed by atoms with Gasteiger partial charge in [-0.1, -0.05) is 25.4 Å². The molecule has 0 spiro atoms. The topological polar surface area (TPSA) is 55.1 Å². The quantitative estimate of drug-likeness (QED) is 0.799. The lowest BCUT2D eigenvalue weighted by atomic mass is 10.1. The lowest BCUT2D eigenvalue weighted by Gasteiger charge is -2.17. The van der Waals surface area contributed by atoms with Crippen LogP contribution in [0.3, 0.4) is 0 Å². The van der Waals surface area contributed by atoms with Crippen molar-refractivity contribution in [3.05, 3.63) is 28.8 Å². The lowest BCUT2D eigenvalue weighted by Crippen LogP contribution is -2.36. The molecule has 0 aliphatic rings. The van der Waals surface area contributed by atoms with E-state index >= 15 is 0 Å². The van der Waals surface area contributed by atoms with Crippen molar-refractivity contribution in [2.24, 2.45) is 5.92 Å². The van der Waals surface area contributed by atoms with Gasteiger partial charge in [-0.15, -0.1) is 0 Å². The molecule has 1 amide bonds. The number of amides is 1. The number of anilines is 1. The van der Waals surface area contributed by atoms with Crippen LogP contribution in [0.25, 0.3) is 0 Å². The molecule has 1 aromatic rings. The van der Waals surface area contributed by atoms with Gasteiger partial charge >= 0.3 is 0 Å². The van der Waals surface area contributed by atoms with Gasteiger partial charge in [0.05, 0.1) is 10.6 Å². The summed E-state index contributed by atoms with van der Waals surface area (Å²) in [4.78, 5) is 11.9. The van der Waals surface area contributed by atoms with E-state index in [1.165, 1.54) is 0 Å². The predicted octanol–water partition coefficient (Wildman–Crippen LogP) is 2.70. The number of nitrogen functional groups attached to an aromatic ring is 1. The monoisotopic (exact) mass is 240 g/mol. The number of halogens is 1. The second-order valence-electron chi connectivity index (χ2n) is 4.25. The Bertz CT molecular complexity index is 391. The maximum Gasteiger partial charge on any atom is 0.253 e. The maximum atomic E-state index is 11.9. The van der Waals surface area contributed by atoms with Crippen molar-refractivity contribution in [2.75, 3.05) is 5.73 Å². The highest BCUT2D eigenvalue weighted by Gasteiger charge is 2.15. The number of benzene rings is 1. The van der Waals surface area contributed by atoms with E-state index in [9.17, 15) is 4.79 Å². The Morgan fingerprint density at radius 2 is 2.00 bits per heavy atom. The number of nitrogens with two attached hydrogens (primary N) is 1. The van der Waals surface area contributed by atoms with Gasteiger partial charge in [-0.3, -0.25) is 4.79 Å². The number of nitrogens with one attached hydrogen (secondary N) is 1. The highest BCUT2D eigenvalue weighted by Crippen LogP contribution is 2.19. The van der Waals surface area contributed by atoms with Gasteiger partial charge in [0.2, 0.25) is 0 Å².